The van der Waals surface area contributed by atoms with Crippen LogP contribution >= 0.6 is 11.3 Å². The number of carbonyl (C=O) groups is 1. The maximum atomic E-state index is 12.0. The van der Waals surface area contributed by atoms with E-state index in [1.807, 2.05) is 4.90 Å². The van der Waals surface area contributed by atoms with Crippen molar-refractivity contribution in [3.05, 3.63) is 23.1 Å². The molecule has 1 aliphatic heterocycles. The molecule has 8 nitrogen and oxygen atoms in total. The van der Waals surface area contributed by atoms with Gasteiger partial charge >= 0.3 is 0 Å². The van der Waals surface area contributed by atoms with Crippen LogP contribution in [0.15, 0.2) is 11.8 Å². The number of ether oxygens (including phenoxy) is 1. The second-order valence-corrected chi connectivity index (χ2v) is 5.39. The molecule has 0 saturated heterocycles. The van der Waals surface area contributed by atoms with Crippen LogP contribution in [0.25, 0.3) is 0 Å². The van der Waals surface area contributed by atoms with Gasteiger partial charge in [0.15, 0.2) is 0 Å². The molecule has 3 rings (SSSR count). The highest BCUT2D eigenvalue weighted by Crippen LogP contribution is 2.24. The van der Waals surface area contributed by atoms with Gasteiger partial charge in [0.2, 0.25) is 16.9 Å². The molecule has 1 amide bonds. The van der Waals surface area contributed by atoms with Crippen LogP contribution < -0.4 is 10.1 Å². The Morgan fingerprint density at radius 3 is 3.19 bits per heavy atom. The van der Waals surface area contributed by atoms with Crippen LogP contribution in [-0.2, 0) is 17.8 Å². The molecule has 1 N–H and O–H groups in total. The lowest BCUT2D eigenvalue weighted by molar-refractivity contribution is -0.117. The molecule has 1 aliphatic rings. The number of hydrogen-bond acceptors (Lipinski definition) is 8. The Bertz CT molecular complexity index is 618. The number of rotatable bonds is 4. The van der Waals surface area contributed by atoms with E-state index in [-0.39, 0.29) is 12.5 Å². The molecule has 0 unspecified atom stereocenters. The summed E-state index contributed by atoms with van der Waals surface area (Å²) in [5.74, 6) is 0.472. The molecule has 9 heteroatoms. The number of anilines is 1. The van der Waals surface area contributed by atoms with E-state index in [4.69, 9.17) is 4.74 Å². The van der Waals surface area contributed by atoms with Gasteiger partial charge in [-0.3, -0.25) is 15.0 Å². The Balaban J connectivity index is 1.64. The second-order valence-electron chi connectivity index (χ2n) is 4.56. The minimum atomic E-state index is -0.106. The highest BCUT2D eigenvalue weighted by Gasteiger charge is 2.23. The highest BCUT2D eigenvalue weighted by atomic mass is 32.1. The fourth-order valence-corrected chi connectivity index (χ4v) is 2.73. The summed E-state index contributed by atoms with van der Waals surface area (Å²) in [6.07, 6.45) is 2.29. The topological polar surface area (TPSA) is 93.1 Å². The number of fused-ring (bicyclic) bond motifs is 1. The minimum Gasteiger partial charge on any atom is -0.481 e. The third-order valence-electron chi connectivity index (χ3n) is 3.21. The molecular weight excluding hydrogens is 292 g/mol. The predicted molar refractivity (Wildman–Crippen MR) is 76.1 cm³/mol. The molecule has 2 aromatic heterocycles. The van der Waals surface area contributed by atoms with E-state index < -0.39 is 0 Å². The first-order valence-electron chi connectivity index (χ1n) is 6.41. The lowest BCUT2D eigenvalue weighted by Crippen LogP contribution is -2.37. The van der Waals surface area contributed by atoms with Crippen LogP contribution in [0, 0.1) is 0 Å². The number of aromatic nitrogens is 4. The van der Waals surface area contributed by atoms with Crippen molar-refractivity contribution in [2.45, 2.75) is 13.0 Å². The van der Waals surface area contributed by atoms with Gasteiger partial charge in [0.1, 0.15) is 11.8 Å². The SMILES string of the molecule is COc1ncnc2c1CN(CC(=O)Nc1nncs1)CC2. The number of carbonyl (C=O) groups excluding carboxylic acids is 1. The molecule has 0 aromatic carbocycles. The molecule has 110 valence electrons. The molecule has 0 saturated carbocycles. The first kappa shape index (κ1) is 13.8. The molecule has 0 radical (unpaired) electrons. The van der Waals surface area contributed by atoms with Crippen molar-refractivity contribution in [3.63, 3.8) is 0 Å². The summed E-state index contributed by atoms with van der Waals surface area (Å²) >= 11 is 1.30. The maximum absolute atomic E-state index is 12.0. The molecule has 0 aliphatic carbocycles. The zero-order valence-electron chi connectivity index (χ0n) is 11.4. The summed E-state index contributed by atoms with van der Waals surface area (Å²) in [4.78, 5) is 22.4. The van der Waals surface area contributed by atoms with E-state index in [1.165, 1.54) is 17.7 Å². The van der Waals surface area contributed by atoms with Crippen molar-refractivity contribution in [2.24, 2.45) is 0 Å². The van der Waals surface area contributed by atoms with Crippen LogP contribution in [0.4, 0.5) is 5.13 Å². The van der Waals surface area contributed by atoms with E-state index in [9.17, 15) is 4.79 Å². The van der Waals surface area contributed by atoms with Crippen LogP contribution in [0.5, 0.6) is 5.88 Å². The molecule has 0 atom stereocenters. The minimum absolute atomic E-state index is 0.106. The summed E-state index contributed by atoms with van der Waals surface area (Å²) in [5.41, 5.74) is 3.52. The first-order valence-corrected chi connectivity index (χ1v) is 7.29. The Labute approximate surface area is 125 Å². The molecule has 3 heterocycles. The first-order chi connectivity index (χ1) is 10.3. The number of methoxy groups -OCH3 is 1. The Morgan fingerprint density at radius 2 is 2.43 bits per heavy atom. The van der Waals surface area contributed by atoms with E-state index in [0.29, 0.717) is 17.6 Å². The fourth-order valence-electron chi connectivity index (χ4n) is 2.27. The largest absolute Gasteiger partial charge is 0.481 e. The third kappa shape index (κ3) is 3.14. The second kappa shape index (κ2) is 6.10. The lowest BCUT2D eigenvalue weighted by atomic mass is 10.1. The van der Waals surface area contributed by atoms with E-state index in [0.717, 1.165) is 24.2 Å². The third-order valence-corrected chi connectivity index (χ3v) is 3.82. The summed E-state index contributed by atoms with van der Waals surface area (Å²) in [6, 6.07) is 0. The normalized spacial score (nSPS) is 14.5. The average molecular weight is 306 g/mol. The van der Waals surface area contributed by atoms with Crippen LogP contribution in [0.3, 0.4) is 0 Å². The standard InChI is InChI=1S/C12H14N6O2S/c1-20-11-8-4-18(3-2-9(8)13-6-14-11)5-10(19)16-12-17-15-7-21-12/h6-7H,2-5H2,1H3,(H,16,17,19). The van der Waals surface area contributed by atoms with Crippen molar-refractivity contribution in [1.82, 2.24) is 25.1 Å². The van der Waals surface area contributed by atoms with Crippen LogP contribution in [0.1, 0.15) is 11.3 Å². The molecule has 21 heavy (non-hydrogen) atoms. The summed E-state index contributed by atoms with van der Waals surface area (Å²) < 4.78 is 5.26. The number of amides is 1. The lowest BCUT2D eigenvalue weighted by Gasteiger charge is -2.27. The molecular formula is C12H14N6O2S. The van der Waals surface area contributed by atoms with Gasteiger partial charge in [-0.25, -0.2) is 9.97 Å². The van der Waals surface area contributed by atoms with Crippen LogP contribution in [-0.4, -0.2) is 51.2 Å². The zero-order valence-corrected chi connectivity index (χ0v) is 12.3. The van der Waals surface area contributed by atoms with E-state index >= 15 is 0 Å². The monoisotopic (exact) mass is 306 g/mol. The van der Waals surface area contributed by atoms with E-state index in [1.54, 1.807) is 12.6 Å². The zero-order chi connectivity index (χ0) is 14.7. The van der Waals surface area contributed by atoms with Crippen molar-refractivity contribution in [3.8, 4) is 5.88 Å². The van der Waals surface area contributed by atoms with Gasteiger partial charge in [-0.2, -0.15) is 0 Å². The van der Waals surface area contributed by atoms with Crippen molar-refractivity contribution >= 4 is 22.4 Å². The summed E-state index contributed by atoms with van der Waals surface area (Å²) in [6.45, 7) is 1.66. The summed E-state index contributed by atoms with van der Waals surface area (Å²) in [7, 11) is 1.59. The highest BCUT2D eigenvalue weighted by molar-refractivity contribution is 7.13. The summed E-state index contributed by atoms with van der Waals surface area (Å²) in [5, 5.41) is 10.7. The maximum Gasteiger partial charge on any atom is 0.240 e. The molecule has 0 spiro atoms. The van der Waals surface area contributed by atoms with Gasteiger partial charge in [-0.1, -0.05) is 11.3 Å². The molecule has 0 bridgehead atoms. The Kier molecular flexibility index (Phi) is 4.02. The van der Waals surface area contributed by atoms with Gasteiger partial charge in [0, 0.05) is 25.1 Å². The van der Waals surface area contributed by atoms with Crippen molar-refractivity contribution < 1.29 is 9.53 Å². The smallest absolute Gasteiger partial charge is 0.240 e. The van der Waals surface area contributed by atoms with Gasteiger partial charge in [0.05, 0.1) is 19.3 Å². The number of hydrogen-bond donors (Lipinski definition) is 1. The van der Waals surface area contributed by atoms with Crippen LogP contribution in [0.2, 0.25) is 0 Å². The van der Waals surface area contributed by atoms with Crippen molar-refractivity contribution in [1.29, 1.82) is 0 Å². The van der Waals surface area contributed by atoms with Gasteiger partial charge < -0.3 is 4.74 Å². The molecule has 2 aromatic rings. The number of nitrogens with one attached hydrogen (secondary N) is 1. The van der Waals surface area contributed by atoms with E-state index in [2.05, 4.69) is 25.5 Å². The quantitative estimate of drug-likeness (QED) is 0.870. The number of nitrogens with zero attached hydrogens (tertiary/aromatic N) is 5. The van der Waals surface area contributed by atoms with Gasteiger partial charge in [-0.05, 0) is 0 Å². The van der Waals surface area contributed by atoms with Crippen molar-refractivity contribution in [2.75, 3.05) is 25.5 Å². The van der Waals surface area contributed by atoms with Gasteiger partial charge in [-0.15, -0.1) is 10.2 Å². The molecule has 0 fully saturated rings. The average Bonchev–Trinajstić information content (AvgIpc) is 2.99. The Morgan fingerprint density at radius 1 is 1.52 bits per heavy atom. The predicted octanol–water partition coefficient (Wildman–Crippen LogP) is 0.333. The van der Waals surface area contributed by atoms with Gasteiger partial charge in [0.25, 0.3) is 0 Å². The Hall–Kier alpha value is -2.13. The fraction of sp³-hybridized carbons (Fsp3) is 0.417.